The molecule has 1 aliphatic carbocycles. The largest absolute Gasteiger partial charge is 0.293 e. The lowest BCUT2D eigenvalue weighted by molar-refractivity contribution is -0.116. The number of carbonyl (C=O) groups excluding carboxylic acids is 1. The molecule has 0 atom stereocenters. The third-order valence-electron chi connectivity index (χ3n) is 2.72. The van der Waals surface area contributed by atoms with Crippen molar-refractivity contribution in [3.63, 3.8) is 0 Å². The molecule has 0 N–H and O–H groups in total. The fourth-order valence-corrected chi connectivity index (χ4v) is 1.55. The third kappa shape index (κ3) is 2.38. The van der Waals surface area contributed by atoms with Crippen molar-refractivity contribution in [1.82, 2.24) is 0 Å². The second-order valence-corrected chi connectivity index (χ2v) is 4.22. The highest BCUT2D eigenvalue weighted by molar-refractivity contribution is 6.05. The first-order chi connectivity index (χ1) is 7.70. The second-order valence-electron chi connectivity index (χ2n) is 4.22. The summed E-state index contributed by atoms with van der Waals surface area (Å²) >= 11 is 0. The molecule has 0 aromatic heterocycles. The Balaban J connectivity index is 2.23. The summed E-state index contributed by atoms with van der Waals surface area (Å²) in [5.74, 6) is 0.111. The number of hydrogen-bond acceptors (Lipinski definition) is 2. The average molecular weight is 211 g/mol. The van der Waals surface area contributed by atoms with E-state index >= 15 is 0 Å². The second kappa shape index (κ2) is 4.32. The van der Waals surface area contributed by atoms with Gasteiger partial charge in [-0.15, -0.1) is 0 Å². The zero-order chi connectivity index (χ0) is 11.5. The summed E-state index contributed by atoms with van der Waals surface area (Å²) < 4.78 is 0. The lowest BCUT2D eigenvalue weighted by Crippen LogP contribution is -2.02. The molecule has 0 saturated heterocycles. The highest BCUT2D eigenvalue weighted by Gasteiger charge is 2.31. The summed E-state index contributed by atoms with van der Waals surface area (Å²) in [7, 11) is 0. The number of nitriles is 1. The van der Waals surface area contributed by atoms with E-state index in [0.29, 0.717) is 0 Å². The number of hydrogen-bond donors (Lipinski definition) is 0. The van der Waals surface area contributed by atoms with Gasteiger partial charge in [0.25, 0.3) is 0 Å². The molecule has 2 rings (SSSR count). The van der Waals surface area contributed by atoms with Crippen LogP contribution in [0, 0.1) is 24.2 Å². The number of rotatable bonds is 3. The standard InChI is InChI=1S/C14H13NO/c1-10-2-4-11(5-3-10)8-13(9-15)14(16)12-6-7-12/h2-5,8,12H,6-7H2,1H3/b13-8+. The maximum atomic E-state index is 11.7. The Labute approximate surface area is 95.2 Å². The van der Waals surface area contributed by atoms with Gasteiger partial charge in [-0.05, 0) is 31.4 Å². The highest BCUT2D eigenvalue weighted by Crippen LogP contribution is 2.32. The first-order valence-corrected chi connectivity index (χ1v) is 5.43. The third-order valence-corrected chi connectivity index (χ3v) is 2.72. The molecule has 0 heterocycles. The van der Waals surface area contributed by atoms with E-state index in [9.17, 15) is 4.79 Å². The van der Waals surface area contributed by atoms with Gasteiger partial charge in [-0.25, -0.2) is 0 Å². The van der Waals surface area contributed by atoms with Crippen molar-refractivity contribution in [3.8, 4) is 6.07 Å². The fraction of sp³-hybridized carbons (Fsp3) is 0.286. The van der Waals surface area contributed by atoms with Crippen LogP contribution in [-0.2, 0) is 4.79 Å². The van der Waals surface area contributed by atoms with Gasteiger partial charge >= 0.3 is 0 Å². The van der Waals surface area contributed by atoms with Gasteiger partial charge in [0.05, 0.1) is 5.57 Å². The minimum absolute atomic E-state index is 0.00285. The Morgan fingerprint density at radius 3 is 2.50 bits per heavy atom. The normalized spacial score (nSPS) is 15.6. The summed E-state index contributed by atoms with van der Waals surface area (Å²) in [6.45, 7) is 2.01. The van der Waals surface area contributed by atoms with Crippen molar-refractivity contribution in [1.29, 1.82) is 5.26 Å². The quantitative estimate of drug-likeness (QED) is 0.569. The molecule has 2 heteroatoms. The maximum absolute atomic E-state index is 11.7. The van der Waals surface area contributed by atoms with E-state index in [2.05, 4.69) is 0 Å². The van der Waals surface area contributed by atoms with Gasteiger partial charge in [0.2, 0.25) is 0 Å². The number of aryl methyl sites for hydroxylation is 1. The van der Waals surface area contributed by atoms with E-state index < -0.39 is 0 Å². The van der Waals surface area contributed by atoms with Gasteiger partial charge < -0.3 is 0 Å². The molecule has 1 aromatic rings. The summed E-state index contributed by atoms with van der Waals surface area (Å²) in [5, 5.41) is 8.95. The minimum Gasteiger partial charge on any atom is -0.293 e. The van der Waals surface area contributed by atoms with Crippen LogP contribution < -0.4 is 0 Å². The molecule has 1 saturated carbocycles. The van der Waals surface area contributed by atoms with Crippen LogP contribution in [0.2, 0.25) is 0 Å². The van der Waals surface area contributed by atoms with Crippen LogP contribution >= 0.6 is 0 Å². The minimum atomic E-state index is 0.00285. The van der Waals surface area contributed by atoms with Crippen LogP contribution in [0.25, 0.3) is 6.08 Å². The van der Waals surface area contributed by atoms with E-state index in [4.69, 9.17) is 5.26 Å². The molecule has 0 radical (unpaired) electrons. The zero-order valence-corrected chi connectivity index (χ0v) is 9.23. The van der Waals surface area contributed by atoms with E-state index in [0.717, 1.165) is 18.4 Å². The Morgan fingerprint density at radius 1 is 1.38 bits per heavy atom. The van der Waals surface area contributed by atoms with Crippen LogP contribution in [-0.4, -0.2) is 5.78 Å². The smallest absolute Gasteiger partial charge is 0.176 e. The molecule has 0 spiro atoms. The monoisotopic (exact) mass is 211 g/mol. The van der Waals surface area contributed by atoms with E-state index in [-0.39, 0.29) is 17.3 Å². The number of carbonyl (C=O) groups is 1. The van der Waals surface area contributed by atoms with Gasteiger partial charge in [-0.3, -0.25) is 4.79 Å². The van der Waals surface area contributed by atoms with Crippen molar-refractivity contribution in [3.05, 3.63) is 41.0 Å². The first kappa shape index (κ1) is 10.6. The van der Waals surface area contributed by atoms with E-state index in [1.54, 1.807) is 6.08 Å². The lowest BCUT2D eigenvalue weighted by atomic mass is 10.0. The summed E-state index contributed by atoms with van der Waals surface area (Å²) in [4.78, 5) is 11.7. The molecule has 0 aliphatic heterocycles. The summed E-state index contributed by atoms with van der Waals surface area (Å²) in [6.07, 6.45) is 3.55. The predicted octanol–water partition coefficient (Wildman–Crippen LogP) is 2.88. The van der Waals surface area contributed by atoms with Gasteiger partial charge in [-0.2, -0.15) is 5.26 Å². The summed E-state index contributed by atoms with van der Waals surface area (Å²) in [5.41, 5.74) is 2.37. The van der Waals surface area contributed by atoms with E-state index in [1.165, 1.54) is 5.56 Å². The Kier molecular flexibility index (Phi) is 2.87. The van der Waals surface area contributed by atoms with Gasteiger partial charge in [0.15, 0.2) is 5.78 Å². The molecule has 2 nitrogen and oxygen atoms in total. The molecule has 0 unspecified atom stereocenters. The van der Waals surface area contributed by atoms with Crippen molar-refractivity contribution in [2.75, 3.05) is 0 Å². The molecule has 1 aromatic carbocycles. The number of ketones is 1. The van der Waals surface area contributed by atoms with Crippen LogP contribution in [0.5, 0.6) is 0 Å². The average Bonchev–Trinajstić information content (AvgIpc) is 3.11. The van der Waals surface area contributed by atoms with Crippen molar-refractivity contribution >= 4 is 11.9 Å². The SMILES string of the molecule is Cc1ccc(/C=C(\C#N)C(=O)C2CC2)cc1. The Morgan fingerprint density at radius 2 is 2.00 bits per heavy atom. The molecule has 80 valence electrons. The number of allylic oxidation sites excluding steroid dienone is 1. The lowest BCUT2D eigenvalue weighted by Gasteiger charge is -1.97. The number of nitrogens with zero attached hydrogens (tertiary/aromatic N) is 1. The van der Waals surface area contributed by atoms with E-state index in [1.807, 2.05) is 37.3 Å². The molecule has 1 fully saturated rings. The molecule has 1 aliphatic rings. The van der Waals surface area contributed by atoms with Crippen molar-refractivity contribution in [2.24, 2.45) is 5.92 Å². The molecular formula is C14H13NO. The maximum Gasteiger partial charge on any atom is 0.176 e. The Hall–Kier alpha value is -1.88. The molecule has 0 amide bonds. The fourth-order valence-electron chi connectivity index (χ4n) is 1.55. The molecular weight excluding hydrogens is 198 g/mol. The zero-order valence-electron chi connectivity index (χ0n) is 9.23. The Bertz CT molecular complexity index is 472. The molecule has 16 heavy (non-hydrogen) atoms. The highest BCUT2D eigenvalue weighted by atomic mass is 16.1. The molecule has 0 bridgehead atoms. The number of benzene rings is 1. The van der Waals surface area contributed by atoms with Gasteiger partial charge in [0.1, 0.15) is 6.07 Å². The summed E-state index contributed by atoms with van der Waals surface area (Å²) in [6, 6.07) is 9.79. The topological polar surface area (TPSA) is 40.9 Å². The van der Waals surface area contributed by atoms with Crippen LogP contribution in [0.1, 0.15) is 24.0 Å². The van der Waals surface area contributed by atoms with Crippen molar-refractivity contribution in [2.45, 2.75) is 19.8 Å². The predicted molar refractivity (Wildman–Crippen MR) is 62.5 cm³/mol. The number of Topliss-reactive ketones (excluding diaryl/α,β-unsaturated/α-hetero) is 1. The first-order valence-electron chi connectivity index (χ1n) is 5.43. The van der Waals surface area contributed by atoms with Gasteiger partial charge in [-0.1, -0.05) is 29.8 Å². The van der Waals surface area contributed by atoms with Crippen molar-refractivity contribution < 1.29 is 4.79 Å². The van der Waals surface area contributed by atoms with Crippen LogP contribution in [0.15, 0.2) is 29.8 Å². The van der Waals surface area contributed by atoms with Crippen LogP contribution in [0.3, 0.4) is 0 Å². The van der Waals surface area contributed by atoms with Gasteiger partial charge in [0, 0.05) is 5.92 Å². The van der Waals surface area contributed by atoms with Crippen LogP contribution in [0.4, 0.5) is 0 Å².